The van der Waals surface area contributed by atoms with Crippen LogP contribution in [-0.4, -0.2) is 18.3 Å². The molecule has 0 aliphatic carbocycles. The Morgan fingerprint density at radius 1 is 0.900 bits per heavy atom. The van der Waals surface area contributed by atoms with Crippen LogP contribution < -0.4 is 0 Å². The van der Waals surface area contributed by atoms with Gasteiger partial charge < -0.3 is 9.84 Å². The fraction of sp³-hybridized carbons (Fsp3) is 0.333. The van der Waals surface area contributed by atoms with Gasteiger partial charge in [0.05, 0.1) is 12.2 Å². The first-order chi connectivity index (χ1) is 9.70. The Labute approximate surface area is 121 Å². The molecule has 0 aliphatic rings. The molecule has 1 N–H and O–H groups in total. The molecular weight excluding hydrogens is 248 g/mol. The number of benzene rings is 2. The Morgan fingerprint density at radius 2 is 1.50 bits per heavy atom. The monoisotopic (exact) mass is 270 g/mol. The zero-order chi connectivity index (χ0) is 14.4. The maximum atomic E-state index is 10.2. The molecule has 2 nitrogen and oxygen atoms in total. The summed E-state index contributed by atoms with van der Waals surface area (Å²) in [7, 11) is 1.70. The third-order valence-electron chi connectivity index (χ3n) is 3.65. The van der Waals surface area contributed by atoms with Gasteiger partial charge in [-0.25, -0.2) is 0 Å². The van der Waals surface area contributed by atoms with Gasteiger partial charge in [-0.3, -0.25) is 0 Å². The second-order valence-electron chi connectivity index (χ2n) is 5.13. The van der Waals surface area contributed by atoms with Gasteiger partial charge in [-0.1, -0.05) is 54.6 Å². The molecule has 2 unspecified atom stereocenters. The van der Waals surface area contributed by atoms with E-state index in [0.717, 1.165) is 18.4 Å². The van der Waals surface area contributed by atoms with Gasteiger partial charge in [-0.2, -0.15) is 0 Å². The SMILES string of the molecule is COC(C)CCC(O)c1ccc(-c2ccccc2)cc1. The lowest BCUT2D eigenvalue weighted by molar-refractivity contribution is 0.0851. The van der Waals surface area contributed by atoms with Gasteiger partial charge >= 0.3 is 0 Å². The summed E-state index contributed by atoms with van der Waals surface area (Å²) < 4.78 is 5.20. The van der Waals surface area contributed by atoms with E-state index < -0.39 is 6.10 Å². The number of hydrogen-bond donors (Lipinski definition) is 1. The van der Waals surface area contributed by atoms with Crippen molar-refractivity contribution in [2.45, 2.75) is 32.0 Å². The van der Waals surface area contributed by atoms with E-state index in [1.165, 1.54) is 11.1 Å². The summed E-state index contributed by atoms with van der Waals surface area (Å²) in [5.74, 6) is 0. The van der Waals surface area contributed by atoms with E-state index >= 15 is 0 Å². The fourth-order valence-electron chi connectivity index (χ4n) is 2.21. The maximum absolute atomic E-state index is 10.2. The van der Waals surface area contributed by atoms with Gasteiger partial charge in [-0.15, -0.1) is 0 Å². The molecule has 2 atom stereocenters. The van der Waals surface area contributed by atoms with Crippen molar-refractivity contribution in [2.75, 3.05) is 7.11 Å². The largest absolute Gasteiger partial charge is 0.388 e. The highest BCUT2D eigenvalue weighted by Gasteiger charge is 2.10. The van der Waals surface area contributed by atoms with Gasteiger partial charge in [0.25, 0.3) is 0 Å². The van der Waals surface area contributed by atoms with Crippen LogP contribution >= 0.6 is 0 Å². The molecule has 0 radical (unpaired) electrons. The minimum absolute atomic E-state index is 0.188. The molecule has 0 saturated heterocycles. The number of aliphatic hydroxyl groups is 1. The van der Waals surface area contributed by atoms with Gasteiger partial charge in [0, 0.05) is 7.11 Å². The van der Waals surface area contributed by atoms with Crippen LogP contribution in [-0.2, 0) is 4.74 Å². The Bertz CT molecular complexity index is 505. The summed E-state index contributed by atoms with van der Waals surface area (Å²) in [4.78, 5) is 0. The van der Waals surface area contributed by atoms with E-state index in [1.807, 2.05) is 37.3 Å². The molecule has 106 valence electrons. The van der Waals surface area contributed by atoms with Crippen LogP contribution in [0.1, 0.15) is 31.4 Å². The smallest absolute Gasteiger partial charge is 0.0791 e. The van der Waals surface area contributed by atoms with E-state index in [1.54, 1.807) is 7.11 Å². The lowest BCUT2D eigenvalue weighted by Gasteiger charge is -2.14. The molecule has 20 heavy (non-hydrogen) atoms. The molecule has 2 aromatic rings. The molecule has 2 aromatic carbocycles. The van der Waals surface area contributed by atoms with Crippen molar-refractivity contribution in [3.05, 3.63) is 60.2 Å². The first kappa shape index (κ1) is 14.8. The van der Waals surface area contributed by atoms with Crippen molar-refractivity contribution in [3.63, 3.8) is 0 Å². The summed E-state index contributed by atoms with van der Waals surface area (Å²) in [6, 6.07) is 18.4. The quantitative estimate of drug-likeness (QED) is 0.852. The van der Waals surface area contributed by atoms with Crippen LogP contribution in [0.25, 0.3) is 11.1 Å². The van der Waals surface area contributed by atoms with Gasteiger partial charge in [0.1, 0.15) is 0 Å². The number of hydrogen-bond acceptors (Lipinski definition) is 2. The molecule has 2 rings (SSSR count). The van der Waals surface area contributed by atoms with E-state index in [0.29, 0.717) is 0 Å². The van der Waals surface area contributed by atoms with E-state index in [2.05, 4.69) is 24.3 Å². The summed E-state index contributed by atoms with van der Waals surface area (Å²) in [6.07, 6.45) is 1.35. The fourth-order valence-corrected chi connectivity index (χ4v) is 2.21. The normalized spacial score (nSPS) is 13.9. The molecule has 2 heteroatoms. The third kappa shape index (κ3) is 3.92. The summed E-state index contributed by atoms with van der Waals surface area (Å²) in [5.41, 5.74) is 3.33. The molecule has 0 spiro atoms. The predicted molar refractivity (Wildman–Crippen MR) is 82.5 cm³/mol. The summed E-state index contributed by atoms with van der Waals surface area (Å²) in [5, 5.41) is 10.2. The van der Waals surface area contributed by atoms with Crippen molar-refractivity contribution in [2.24, 2.45) is 0 Å². The van der Waals surface area contributed by atoms with Crippen molar-refractivity contribution in [1.82, 2.24) is 0 Å². The molecule has 0 saturated carbocycles. The first-order valence-corrected chi connectivity index (χ1v) is 7.07. The van der Waals surface area contributed by atoms with E-state index in [4.69, 9.17) is 4.74 Å². The average molecular weight is 270 g/mol. The van der Waals surface area contributed by atoms with Gasteiger partial charge in [-0.05, 0) is 36.5 Å². The second kappa shape index (κ2) is 7.22. The highest BCUT2D eigenvalue weighted by molar-refractivity contribution is 5.63. The molecule has 0 fully saturated rings. The molecule has 0 aromatic heterocycles. The Balaban J connectivity index is 2.01. The van der Waals surface area contributed by atoms with Crippen molar-refractivity contribution < 1.29 is 9.84 Å². The summed E-state index contributed by atoms with van der Waals surface area (Å²) in [6.45, 7) is 2.02. The van der Waals surface area contributed by atoms with E-state index in [9.17, 15) is 5.11 Å². The minimum Gasteiger partial charge on any atom is -0.388 e. The van der Waals surface area contributed by atoms with E-state index in [-0.39, 0.29) is 6.10 Å². The zero-order valence-electron chi connectivity index (χ0n) is 12.1. The molecular formula is C18H22O2. The highest BCUT2D eigenvalue weighted by Crippen LogP contribution is 2.24. The van der Waals surface area contributed by atoms with Crippen LogP contribution in [0.4, 0.5) is 0 Å². The lowest BCUT2D eigenvalue weighted by atomic mass is 9.99. The minimum atomic E-state index is -0.419. The lowest BCUT2D eigenvalue weighted by Crippen LogP contribution is -2.07. The Kier molecular flexibility index (Phi) is 5.33. The predicted octanol–water partition coefficient (Wildman–Crippen LogP) is 4.20. The van der Waals surface area contributed by atoms with Crippen LogP contribution in [0.5, 0.6) is 0 Å². The van der Waals surface area contributed by atoms with Crippen LogP contribution in [0.2, 0.25) is 0 Å². The molecule has 0 amide bonds. The molecule has 0 bridgehead atoms. The first-order valence-electron chi connectivity index (χ1n) is 7.07. The topological polar surface area (TPSA) is 29.5 Å². The third-order valence-corrected chi connectivity index (χ3v) is 3.65. The second-order valence-corrected chi connectivity index (χ2v) is 5.13. The number of aliphatic hydroxyl groups excluding tert-OH is 1. The van der Waals surface area contributed by atoms with Crippen molar-refractivity contribution >= 4 is 0 Å². The Morgan fingerprint density at radius 3 is 2.10 bits per heavy atom. The van der Waals surface area contributed by atoms with Gasteiger partial charge in [0.2, 0.25) is 0 Å². The molecule has 0 aliphatic heterocycles. The maximum Gasteiger partial charge on any atom is 0.0791 e. The van der Waals surface area contributed by atoms with Crippen LogP contribution in [0.3, 0.4) is 0 Å². The average Bonchev–Trinajstić information content (AvgIpc) is 2.53. The zero-order valence-corrected chi connectivity index (χ0v) is 12.1. The highest BCUT2D eigenvalue weighted by atomic mass is 16.5. The van der Waals surface area contributed by atoms with Gasteiger partial charge in [0.15, 0.2) is 0 Å². The molecule has 0 heterocycles. The Hall–Kier alpha value is -1.64. The van der Waals surface area contributed by atoms with Crippen molar-refractivity contribution in [1.29, 1.82) is 0 Å². The number of ether oxygens (including phenoxy) is 1. The van der Waals surface area contributed by atoms with Crippen molar-refractivity contribution in [3.8, 4) is 11.1 Å². The van der Waals surface area contributed by atoms with Crippen LogP contribution in [0.15, 0.2) is 54.6 Å². The number of rotatable bonds is 6. The standard InChI is InChI=1S/C18H22O2/c1-14(20-2)8-13-18(19)17-11-9-16(10-12-17)15-6-4-3-5-7-15/h3-7,9-12,14,18-19H,8,13H2,1-2H3. The number of methoxy groups -OCH3 is 1. The van der Waals surface area contributed by atoms with Crippen LogP contribution in [0, 0.1) is 0 Å². The summed E-state index contributed by atoms with van der Waals surface area (Å²) >= 11 is 0.